The second kappa shape index (κ2) is 8.90. The Balaban J connectivity index is 1.53. The number of carbonyl (C=O) groups is 2. The zero-order valence-corrected chi connectivity index (χ0v) is 16.4. The van der Waals surface area contributed by atoms with Crippen molar-refractivity contribution in [3.8, 4) is 0 Å². The molecule has 1 atom stereocenters. The first-order chi connectivity index (χ1) is 14.7. The van der Waals surface area contributed by atoms with Crippen LogP contribution >= 0.6 is 0 Å². The van der Waals surface area contributed by atoms with Crippen LogP contribution in [0.2, 0.25) is 0 Å². The maximum absolute atomic E-state index is 13.3. The van der Waals surface area contributed by atoms with Crippen LogP contribution in [0.4, 0.5) is 11.4 Å². The van der Waals surface area contributed by atoms with E-state index in [4.69, 9.17) is 0 Å². The summed E-state index contributed by atoms with van der Waals surface area (Å²) in [5.41, 5.74) is 3.55. The molecule has 3 aromatic carbocycles. The minimum atomic E-state index is -0.203. The number of benzene rings is 3. The molecule has 2 amide bonds. The second-order valence-electron chi connectivity index (χ2n) is 7.20. The summed E-state index contributed by atoms with van der Waals surface area (Å²) in [6, 6.07) is 23.4. The number of carbonyl (C=O) groups excluding carboxylic acids is 2. The van der Waals surface area contributed by atoms with E-state index in [9.17, 15) is 14.7 Å². The highest BCUT2D eigenvalue weighted by molar-refractivity contribution is 6.07. The lowest BCUT2D eigenvalue weighted by atomic mass is 10.1. The molecule has 0 spiro atoms. The Morgan fingerprint density at radius 2 is 1.63 bits per heavy atom. The second-order valence-corrected chi connectivity index (χ2v) is 7.20. The van der Waals surface area contributed by atoms with Gasteiger partial charge >= 0.3 is 0 Å². The largest absolute Gasteiger partial charge is 0.395 e. The molecule has 4 rings (SSSR count). The first-order valence-corrected chi connectivity index (χ1v) is 9.86. The van der Waals surface area contributed by atoms with E-state index in [2.05, 4.69) is 10.6 Å². The smallest absolute Gasteiger partial charge is 0.258 e. The summed E-state index contributed by atoms with van der Waals surface area (Å²) in [5.74, 6) is -0.349. The van der Waals surface area contributed by atoms with Crippen molar-refractivity contribution in [1.82, 2.24) is 5.32 Å². The van der Waals surface area contributed by atoms with E-state index in [1.807, 2.05) is 42.5 Å². The van der Waals surface area contributed by atoms with Crippen molar-refractivity contribution in [2.75, 3.05) is 23.4 Å². The molecule has 6 nitrogen and oxygen atoms in total. The molecule has 0 bridgehead atoms. The van der Waals surface area contributed by atoms with E-state index in [-0.39, 0.29) is 24.5 Å². The Bertz CT molecular complexity index is 1040. The molecule has 6 heteroatoms. The maximum Gasteiger partial charge on any atom is 0.258 e. The molecule has 1 aliphatic rings. The lowest BCUT2D eigenvalue weighted by Crippen LogP contribution is -2.43. The van der Waals surface area contributed by atoms with Gasteiger partial charge in [-0.2, -0.15) is 0 Å². The van der Waals surface area contributed by atoms with Crippen molar-refractivity contribution in [1.29, 1.82) is 0 Å². The van der Waals surface area contributed by atoms with Gasteiger partial charge in [0.2, 0.25) is 0 Å². The van der Waals surface area contributed by atoms with Gasteiger partial charge in [0.1, 0.15) is 0 Å². The summed E-state index contributed by atoms with van der Waals surface area (Å²) in [7, 11) is 0. The van der Waals surface area contributed by atoms with Gasteiger partial charge in [-0.15, -0.1) is 0 Å². The highest BCUT2D eigenvalue weighted by atomic mass is 16.3. The summed E-state index contributed by atoms with van der Waals surface area (Å²) in [6.45, 7) is 0.913. The number of anilines is 2. The van der Waals surface area contributed by atoms with Gasteiger partial charge in [-0.3, -0.25) is 9.59 Å². The first kappa shape index (κ1) is 19.8. The lowest BCUT2D eigenvalue weighted by Gasteiger charge is -2.25. The molecule has 152 valence electrons. The highest BCUT2D eigenvalue weighted by Gasteiger charge is 2.26. The average molecular weight is 401 g/mol. The van der Waals surface area contributed by atoms with Crippen LogP contribution in [0.1, 0.15) is 26.3 Å². The Morgan fingerprint density at radius 3 is 2.37 bits per heavy atom. The summed E-state index contributed by atoms with van der Waals surface area (Å²) >= 11 is 0. The summed E-state index contributed by atoms with van der Waals surface area (Å²) in [5, 5.41) is 15.8. The molecular formula is C24H23N3O3. The number of hydrogen-bond donors (Lipinski definition) is 3. The molecule has 1 heterocycles. The average Bonchev–Trinajstić information content (AvgIpc) is 2.99. The SMILES string of the molecule is O=C(Nc1ccc(C(=O)N2C[C@@H](CO)NCc3ccccc32)cc1)c1ccccc1. The van der Waals surface area contributed by atoms with Crippen LogP contribution < -0.4 is 15.5 Å². The number of amides is 2. The Labute approximate surface area is 175 Å². The number of para-hydroxylation sites is 1. The molecular weight excluding hydrogens is 378 g/mol. The number of nitrogens with one attached hydrogen (secondary N) is 2. The van der Waals surface area contributed by atoms with Crippen LogP contribution in [0.5, 0.6) is 0 Å². The Morgan fingerprint density at radius 1 is 0.933 bits per heavy atom. The number of fused-ring (bicyclic) bond motifs is 1. The molecule has 0 unspecified atom stereocenters. The van der Waals surface area contributed by atoms with Gasteiger partial charge in [0, 0.05) is 41.6 Å². The van der Waals surface area contributed by atoms with Gasteiger partial charge in [0.05, 0.1) is 6.61 Å². The monoisotopic (exact) mass is 401 g/mol. The third-order valence-electron chi connectivity index (χ3n) is 5.16. The van der Waals surface area contributed by atoms with Crippen molar-refractivity contribution in [2.45, 2.75) is 12.6 Å². The molecule has 0 fully saturated rings. The summed E-state index contributed by atoms with van der Waals surface area (Å²) < 4.78 is 0. The van der Waals surface area contributed by atoms with Gasteiger partial charge < -0.3 is 20.6 Å². The van der Waals surface area contributed by atoms with Crippen molar-refractivity contribution < 1.29 is 14.7 Å². The molecule has 3 aromatic rings. The zero-order chi connectivity index (χ0) is 20.9. The number of rotatable bonds is 4. The van der Waals surface area contributed by atoms with Crippen molar-refractivity contribution in [3.63, 3.8) is 0 Å². The van der Waals surface area contributed by atoms with E-state index in [1.165, 1.54) is 0 Å². The van der Waals surface area contributed by atoms with Gasteiger partial charge in [-0.25, -0.2) is 0 Å². The Hall–Kier alpha value is -3.48. The number of aliphatic hydroxyl groups is 1. The van der Waals surface area contributed by atoms with Crippen molar-refractivity contribution in [2.24, 2.45) is 0 Å². The fraction of sp³-hybridized carbons (Fsp3) is 0.167. The zero-order valence-electron chi connectivity index (χ0n) is 16.4. The maximum atomic E-state index is 13.3. The summed E-state index contributed by atoms with van der Waals surface area (Å²) in [4.78, 5) is 27.3. The molecule has 1 aliphatic heterocycles. The Kier molecular flexibility index (Phi) is 5.88. The first-order valence-electron chi connectivity index (χ1n) is 9.86. The number of hydrogen-bond acceptors (Lipinski definition) is 4. The van der Waals surface area contributed by atoms with Gasteiger partial charge in [-0.1, -0.05) is 36.4 Å². The van der Waals surface area contributed by atoms with E-state index in [0.29, 0.717) is 29.9 Å². The topological polar surface area (TPSA) is 81.7 Å². The molecule has 0 aliphatic carbocycles. The fourth-order valence-corrected chi connectivity index (χ4v) is 3.52. The molecule has 30 heavy (non-hydrogen) atoms. The van der Waals surface area contributed by atoms with Crippen LogP contribution in [0.25, 0.3) is 0 Å². The van der Waals surface area contributed by atoms with Crippen LogP contribution in [-0.4, -0.2) is 36.1 Å². The molecule has 0 saturated heterocycles. The predicted molar refractivity (Wildman–Crippen MR) is 117 cm³/mol. The van der Waals surface area contributed by atoms with Crippen LogP contribution in [0.15, 0.2) is 78.9 Å². The van der Waals surface area contributed by atoms with Gasteiger partial charge in [0.25, 0.3) is 11.8 Å². The summed E-state index contributed by atoms with van der Waals surface area (Å²) in [6.07, 6.45) is 0. The van der Waals surface area contributed by atoms with Crippen LogP contribution in [0, 0.1) is 0 Å². The third-order valence-corrected chi connectivity index (χ3v) is 5.16. The van der Waals surface area contributed by atoms with Gasteiger partial charge in [-0.05, 0) is 48.0 Å². The minimum absolute atomic E-state index is 0.0533. The van der Waals surface area contributed by atoms with Crippen molar-refractivity contribution in [3.05, 3.63) is 95.6 Å². The third kappa shape index (κ3) is 4.25. The van der Waals surface area contributed by atoms with Crippen molar-refractivity contribution >= 4 is 23.2 Å². The lowest BCUT2D eigenvalue weighted by molar-refractivity contribution is 0.0981. The van der Waals surface area contributed by atoms with E-state index < -0.39 is 0 Å². The number of nitrogens with zero attached hydrogens (tertiary/aromatic N) is 1. The van der Waals surface area contributed by atoms with E-state index in [1.54, 1.807) is 41.3 Å². The molecule has 0 saturated carbocycles. The molecule has 0 radical (unpaired) electrons. The molecule has 3 N–H and O–H groups in total. The number of aliphatic hydroxyl groups excluding tert-OH is 1. The van der Waals surface area contributed by atoms with E-state index >= 15 is 0 Å². The predicted octanol–water partition coefficient (Wildman–Crippen LogP) is 3.05. The highest BCUT2D eigenvalue weighted by Crippen LogP contribution is 2.25. The van der Waals surface area contributed by atoms with E-state index in [0.717, 1.165) is 11.3 Å². The standard InChI is InChI=1S/C24H23N3O3/c28-16-21-15-27(22-9-5-4-8-19(22)14-25-21)24(30)18-10-12-20(13-11-18)26-23(29)17-6-2-1-3-7-17/h1-13,21,25,28H,14-16H2,(H,26,29)/t21-/m0/s1. The quantitative estimate of drug-likeness (QED) is 0.628. The minimum Gasteiger partial charge on any atom is -0.395 e. The fourth-order valence-electron chi connectivity index (χ4n) is 3.52. The van der Waals surface area contributed by atoms with Gasteiger partial charge in [0.15, 0.2) is 0 Å². The van der Waals surface area contributed by atoms with Crippen LogP contribution in [0.3, 0.4) is 0 Å². The van der Waals surface area contributed by atoms with Crippen LogP contribution in [-0.2, 0) is 6.54 Å². The molecule has 0 aromatic heterocycles. The normalized spacial score (nSPS) is 15.8.